The van der Waals surface area contributed by atoms with Gasteiger partial charge in [0.1, 0.15) is 5.84 Å². The number of sulfonamides is 1. The van der Waals surface area contributed by atoms with E-state index < -0.39 is 10.0 Å². The molecule has 0 aliphatic rings. The maximum Gasteiger partial charge on any atom is 0.284 e. The first kappa shape index (κ1) is 15.5. The largest absolute Gasteiger partial charge is 0.362 e. The van der Waals surface area contributed by atoms with Gasteiger partial charge in [0.15, 0.2) is 0 Å². The number of benzene rings is 2. The van der Waals surface area contributed by atoms with Crippen LogP contribution in [0.5, 0.6) is 0 Å². The molecule has 110 valence electrons. The van der Waals surface area contributed by atoms with Gasteiger partial charge in [-0.2, -0.15) is 8.42 Å². The lowest BCUT2D eigenvalue weighted by molar-refractivity contribution is 0.592. The Hall–Kier alpha value is -1.85. The van der Waals surface area contributed by atoms with Crippen molar-refractivity contribution >= 4 is 27.5 Å². The summed E-state index contributed by atoms with van der Waals surface area (Å²) in [6.45, 7) is 0. The second-order valence-corrected chi connectivity index (χ2v) is 6.59. The number of hydrogen-bond acceptors (Lipinski definition) is 2. The van der Waals surface area contributed by atoms with Crippen molar-refractivity contribution in [3.63, 3.8) is 0 Å². The molecule has 6 heteroatoms. The Morgan fingerprint density at radius 1 is 1.00 bits per heavy atom. The highest BCUT2D eigenvalue weighted by atomic mass is 35.5. The van der Waals surface area contributed by atoms with E-state index in [9.17, 15) is 8.42 Å². The summed E-state index contributed by atoms with van der Waals surface area (Å²) in [5, 5.41) is 0.452. The van der Waals surface area contributed by atoms with Crippen molar-refractivity contribution in [2.75, 3.05) is 14.1 Å². The van der Waals surface area contributed by atoms with E-state index in [4.69, 9.17) is 11.6 Å². The van der Waals surface area contributed by atoms with Gasteiger partial charge >= 0.3 is 0 Å². The molecule has 0 unspecified atom stereocenters. The number of nitrogens with zero attached hydrogens (tertiary/aromatic N) is 2. The molecular weight excluding hydrogens is 308 g/mol. The summed E-state index contributed by atoms with van der Waals surface area (Å²) >= 11 is 6.14. The quantitative estimate of drug-likeness (QED) is 0.644. The lowest BCUT2D eigenvalue weighted by Gasteiger charge is -2.16. The van der Waals surface area contributed by atoms with Gasteiger partial charge in [-0.05, 0) is 24.3 Å². The van der Waals surface area contributed by atoms with Gasteiger partial charge in [-0.1, -0.05) is 41.9 Å². The molecule has 4 nitrogen and oxygen atoms in total. The van der Waals surface area contributed by atoms with Gasteiger partial charge in [0.2, 0.25) is 0 Å². The molecule has 2 aromatic carbocycles. The summed E-state index contributed by atoms with van der Waals surface area (Å²) in [4.78, 5) is 1.78. The molecule has 0 saturated heterocycles. The maximum atomic E-state index is 12.4. The van der Waals surface area contributed by atoms with Crippen LogP contribution >= 0.6 is 11.6 Å². The summed E-state index contributed by atoms with van der Waals surface area (Å²) in [6.07, 6.45) is 0. The van der Waals surface area contributed by atoms with Crippen LogP contribution in [0.1, 0.15) is 5.56 Å². The van der Waals surface area contributed by atoms with Crippen LogP contribution in [0.3, 0.4) is 0 Å². The van der Waals surface area contributed by atoms with E-state index in [2.05, 4.69) is 4.40 Å². The summed E-state index contributed by atoms with van der Waals surface area (Å²) < 4.78 is 28.7. The molecule has 0 atom stereocenters. The first-order valence-electron chi connectivity index (χ1n) is 6.24. The molecule has 0 aliphatic heterocycles. The zero-order chi connectivity index (χ0) is 15.5. The molecule has 0 bridgehead atoms. The van der Waals surface area contributed by atoms with E-state index in [-0.39, 0.29) is 4.90 Å². The Kier molecular flexibility index (Phi) is 4.65. The monoisotopic (exact) mass is 322 g/mol. The van der Waals surface area contributed by atoms with Crippen molar-refractivity contribution in [3.05, 3.63) is 65.2 Å². The standard InChI is InChI=1S/C15H15ClN2O2S/c1-18(2)15(13-10-6-7-11-14(13)16)17-21(19,20)12-8-4-3-5-9-12/h3-11H,1-2H3/b17-15+. The number of rotatable bonds is 3. The van der Waals surface area contributed by atoms with Crippen molar-refractivity contribution in [1.82, 2.24) is 4.90 Å². The number of amidine groups is 1. The van der Waals surface area contributed by atoms with Gasteiger partial charge in [0.25, 0.3) is 10.0 Å². The second-order valence-electron chi connectivity index (χ2n) is 4.58. The van der Waals surface area contributed by atoms with Gasteiger partial charge in [0.05, 0.1) is 9.92 Å². The van der Waals surface area contributed by atoms with Crippen LogP contribution in [0.4, 0.5) is 0 Å². The molecule has 0 aromatic heterocycles. The van der Waals surface area contributed by atoms with Crippen LogP contribution in [0.2, 0.25) is 5.02 Å². The first-order valence-corrected chi connectivity index (χ1v) is 8.06. The predicted molar refractivity (Wildman–Crippen MR) is 85.3 cm³/mol. The van der Waals surface area contributed by atoms with Crippen LogP contribution in [0.15, 0.2) is 63.9 Å². The van der Waals surface area contributed by atoms with E-state index >= 15 is 0 Å². The third-order valence-electron chi connectivity index (χ3n) is 2.79. The van der Waals surface area contributed by atoms with Crippen LogP contribution in [0, 0.1) is 0 Å². The van der Waals surface area contributed by atoms with Gasteiger partial charge in [-0.25, -0.2) is 0 Å². The zero-order valence-corrected chi connectivity index (χ0v) is 13.3. The highest BCUT2D eigenvalue weighted by molar-refractivity contribution is 7.90. The highest BCUT2D eigenvalue weighted by Crippen LogP contribution is 2.19. The van der Waals surface area contributed by atoms with Crippen molar-refractivity contribution in [2.24, 2.45) is 4.40 Å². The average Bonchev–Trinajstić information content (AvgIpc) is 2.46. The lowest BCUT2D eigenvalue weighted by Crippen LogP contribution is -2.24. The Morgan fingerprint density at radius 3 is 2.14 bits per heavy atom. The summed E-state index contributed by atoms with van der Waals surface area (Å²) in [5.74, 6) is 0.296. The molecule has 0 amide bonds. The van der Waals surface area contributed by atoms with E-state index in [0.29, 0.717) is 16.4 Å². The Labute approximate surface area is 129 Å². The molecule has 21 heavy (non-hydrogen) atoms. The summed E-state index contributed by atoms with van der Waals surface area (Å²) in [5.41, 5.74) is 0.573. The third kappa shape index (κ3) is 3.62. The molecule has 0 radical (unpaired) electrons. The first-order chi connectivity index (χ1) is 9.92. The van der Waals surface area contributed by atoms with Gasteiger partial charge in [-0.3, -0.25) is 0 Å². The van der Waals surface area contributed by atoms with Gasteiger partial charge in [-0.15, -0.1) is 4.40 Å². The van der Waals surface area contributed by atoms with Crippen LogP contribution in [-0.4, -0.2) is 33.2 Å². The molecule has 0 aliphatic carbocycles. The summed E-state index contributed by atoms with van der Waals surface area (Å²) in [6, 6.07) is 15.1. The molecule has 0 heterocycles. The Balaban J connectivity index is 2.56. The van der Waals surface area contributed by atoms with Crippen molar-refractivity contribution < 1.29 is 8.42 Å². The maximum absolute atomic E-state index is 12.4. The summed E-state index contributed by atoms with van der Waals surface area (Å²) in [7, 11) is -0.332. The minimum atomic E-state index is -3.78. The van der Waals surface area contributed by atoms with E-state index in [1.807, 2.05) is 0 Å². The van der Waals surface area contributed by atoms with Crippen LogP contribution in [-0.2, 0) is 10.0 Å². The zero-order valence-electron chi connectivity index (χ0n) is 11.7. The minimum Gasteiger partial charge on any atom is -0.362 e. The van der Waals surface area contributed by atoms with Gasteiger partial charge < -0.3 is 4.90 Å². The molecule has 0 spiro atoms. The number of halogens is 1. The van der Waals surface area contributed by atoms with E-state index in [1.54, 1.807) is 61.5 Å². The predicted octanol–water partition coefficient (Wildman–Crippen LogP) is 3.04. The fourth-order valence-electron chi connectivity index (χ4n) is 1.77. The second kappa shape index (κ2) is 6.28. The smallest absolute Gasteiger partial charge is 0.284 e. The molecular formula is C15H15ClN2O2S. The van der Waals surface area contributed by atoms with Crippen molar-refractivity contribution in [1.29, 1.82) is 0 Å². The fourth-order valence-corrected chi connectivity index (χ4v) is 3.09. The van der Waals surface area contributed by atoms with E-state index in [1.165, 1.54) is 12.1 Å². The molecule has 0 fully saturated rings. The van der Waals surface area contributed by atoms with Crippen molar-refractivity contribution in [2.45, 2.75) is 4.90 Å². The van der Waals surface area contributed by atoms with Gasteiger partial charge in [0, 0.05) is 19.7 Å². The molecule has 0 saturated carbocycles. The highest BCUT2D eigenvalue weighted by Gasteiger charge is 2.17. The van der Waals surface area contributed by atoms with Crippen molar-refractivity contribution in [3.8, 4) is 0 Å². The Morgan fingerprint density at radius 2 is 1.57 bits per heavy atom. The number of hydrogen-bond donors (Lipinski definition) is 0. The lowest BCUT2D eigenvalue weighted by atomic mass is 10.2. The average molecular weight is 323 g/mol. The van der Waals surface area contributed by atoms with Crippen LogP contribution in [0.25, 0.3) is 0 Å². The molecule has 2 rings (SSSR count). The minimum absolute atomic E-state index is 0.149. The Bertz CT molecular complexity index is 756. The van der Waals surface area contributed by atoms with Crippen LogP contribution < -0.4 is 0 Å². The third-order valence-corrected chi connectivity index (χ3v) is 4.40. The normalized spacial score (nSPS) is 12.2. The SMILES string of the molecule is CN(C)/C(=N/S(=O)(=O)c1ccccc1)c1ccccc1Cl. The molecule has 0 N–H and O–H groups in total. The topological polar surface area (TPSA) is 49.7 Å². The molecule has 2 aromatic rings. The fraction of sp³-hybridized carbons (Fsp3) is 0.133. The van der Waals surface area contributed by atoms with E-state index in [0.717, 1.165) is 0 Å².